The van der Waals surface area contributed by atoms with Crippen LogP contribution in [0.3, 0.4) is 0 Å². The molecular weight excluding hydrogens is 256 g/mol. The van der Waals surface area contributed by atoms with Crippen LogP contribution in [0.1, 0.15) is 19.3 Å². The van der Waals surface area contributed by atoms with Crippen LogP contribution in [0.4, 0.5) is 5.69 Å². The van der Waals surface area contributed by atoms with Crippen molar-refractivity contribution < 1.29 is 4.79 Å². The highest BCUT2D eigenvalue weighted by atomic mass is 16.2. The Hall–Kier alpha value is -2.28. The van der Waals surface area contributed by atoms with Crippen LogP contribution in [0, 0.1) is 0 Å². The lowest BCUT2D eigenvalue weighted by molar-refractivity contribution is -0.118. The van der Waals surface area contributed by atoms with E-state index in [4.69, 9.17) is 0 Å². The zero-order valence-electron chi connectivity index (χ0n) is 11.0. The third-order valence-corrected chi connectivity index (χ3v) is 3.35. The van der Waals surface area contributed by atoms with Gasteiger partial charge in [0.1, 0.15) is 6.33 Å². The lowest BCUT2D eigenvalue weighted by Gasteiger charge is -2.22. The summed E-state index contributed by atoms with van der Waals surface area (Å²) >= 11 is 0. The Morgan fingerprint density at radius 1 is 1.40 bits per heavy atom. The zero-order chi connectivity index (χ0) is 13.8. The van der Waals surface area contributed by atoms with Gasteiger partial charge in [0.15, 0.2) is 0 Å². The van der Waals surface area contributed by atoms with E-state index in [9.17, 15) is 4.79 Å². The Balaban J connectivity index is 1.71. The fourth-order valence-corrected chi connectivity index (χ4v) is 2.31. The van der Waals surface area contributed by atoms with Crippen molar-refractivity contribution >= 4 is 11.6 Å². The monoisotopic (exact) mass is 272 g/mol. The van der Waals surface area contributed by atoms with Gasteiger partial charge in [-0.25, -0.2) is 4.68 Å². The van der Waals surface area contributed by atoms with Gasteiger partial charge < -0.3 is 10.6 Å². The van der Waals surface area contributed by atoms with Crippen LogP contribution in [0.5, 0.6) is 0 Å². The van der Waals surface area contributed by atoms with E-state index in [1.807, 2.05) is 24.3 Å². The summed E-state index contributed by atoms with van der Waals surface area (Å²) in [5.41, 5.74) is 1.56. The fraction of sp³-hybridized carbons (Fsp3) is 0.385. The molecule has 1 aliphatic rings. The number of tetrazole rings is 1. The molecule has 0 spiro atoms. The number of anilines is 1. The quantitative estimate of drug-likeness (QED) is 0.861. The smallest absolute Gasteiger partial charge is 0.241 e. The Morgan fingerprint density at radius 3 is 3.10 bits per heavy atom. The minimum absolute atomic E-state index is 0.0126. The molecule has 1 amide bonds. The van der Waals surface area contributed by atoms with E-state index in [-0.39, 0.29) is 11.9 Å². The number of nitrogens with zero attached hydrogens (tertiary/aromatic N) is 4. The Bertz CT molecular complexity index is 576. The van der Waals surface area contributed by atoms with Crippen molar-refractivity contribution in [3.05, 3.63) is 30.6 Å². The molecule has 7 nitrogen and oxygen atoms in total. The average Bonchev–Trinajstić information content (AvgIpc) is 3.03. The summed E-state index contributed by atoms with van der Waals surface area (Å²) < 4.78 is 1.55. The van der Waals surface area contributed by atoms with Crippen LogP contribution in [0.25, 0.3) is 5.69 Å². The van der Waals surface area contributed by atoms with Crippen molar-refractivity contribution in [2.45, 2.75) is 25.3 Å². The first-order valence-electron chi connectivity index (χ1n) is 6.70. The SMILES string of the molecule is O=C(Nc1cccc(-n2cnnn2)c1)C1CCCCN1. The highest BCUT2D eigenvalue weighted by Gasteiger charge is 2.20. The molecule has 1 aromatic heterocycles. The van der Waals surface area contributed by atoms with Gasteiger partial charge >= 0.3 is 0 Å². The first-order chi connectivity index (χ1) is 9.83. The summed E-state index contributed by atoms with van der Waals surface area (Å²) in [6, 6.07) is 7.35. The number of carbonyl (C=O) groups is 1. The molecule has 2 N–H and O–H groups in total. The molecule has 1 aliphatic heterocycles. The predicted octanol–water partition coefficient (Wildman–Crippen LogP) is 0.743. The minimum Gasteiger partial charge on any atom is -0.325 e. The van der Waals surface area contributed by atoms with Gasteiger partial charge in [0.25, 0.3) is 0 Å². The fourth-order valence-electron chi connectivity index (χ4n) is 2.31. The molecule has 0 saturated carbocycles. The first kappa shape index (κ1) is 12.7. The second kappa shape index (κ2) is 5.79. The van der Waals surface area contributed by atoms with E-state index >= 15 is 0 Å². The lowest BCUT2D eigenvalue weighted by Crippen LogP contribution is -2.43. The van der Waals surface area contributed by atoms with Crippen LogP contribution >= 0.6 is 0 Å². The number of hydrogen-bond donors (Lipinski definition) is 2. The highest BCUT2D eigenvalue weighted by Crippen LogP contribution is 2.15. The topological polar surface area (TPSA) is 84.7 Å². The number of rotatable bonds is 3. The largest absolute Gasteiger partial charge is 0.325 e. The predicted molar refractivity (Wildman–Crippen MR) is 73.4 cm³/mol. The van der Waals surface area contributed by atoms with Crippen molar-refractivity contribution in [3.8, 4) is 5.69 Å². The van der Waals surface area contributed by atoms with Crippen LogP contribution in [0.15, 0.2) is 30.6 Å². The summed E-state index contributed by atoms with van der Waals surface area (Å²) in [6.45, 7) is 0.906. The number of benzene rings is 1. The van der Waals surface area contributed by atoms with Gasteiger partial charge in [0, 0.05) is 5.69 Å². The first-order valence-corrected chi connectivity index (χ1v) is 6.70. The molecule has 0 bridgehead atoms. The van der Waals surface area contributed by atoms with Crippen molar-refractivity contribution in [2.75, 3.05) is 11.9 Å². The Morgan fingerprint density at radius 2 is 2.35 bits per heavy atom. The maximum Gasteiger partial charge on any atom is 0.241 e. The van der Waals surface area contributed by atoms with E-state index in [1.165, 1.54) is 6.33 Å². The summed E-state index contributed by atoms with van der Waals surface area (Å²) in [5.74, 6) is 0.0126. The van der Waals surface area contributed by atoms with Crippen LogP contribution in [-0.4, -0.2) is 38.7 Å². The number of amides is 1. The van der Waals surface area contributed by atoms with Crippen LogP contribution < -0.4 is 10.6 Å². The number of hydrogen-bond acceptors (Lipinski definition) is 5. The molecule has 1 saturated heterocycles. The number of nitrogens with one attached hydrogen (secondary N) is 2. The van der Waals surface area contributed by atoms with Gasteiger partial charge in [-0.3, -0.25) is 4.79 Å². The minimum atomic E-state index is -0.0968. The molecule has 1 unspecified atom stereocenters. The normalized spacial score (nSPS) is 18.7. The summed E-state index contributed by atoms with van der Waals surface area (Å²) in [5, 5.41) is 17.2. The molecule has 0 aliphatic carbocycles. The molecule has 1 atom stereocenters. The van der Waals surface area contributed by atoms with Crippen LogP contribution in [-0.2, 0) is 4.79 Å². The molecule has 2 aromatic rings. The van der Waals surface area contributed by atoms with Crippen molar-refractivity contribution in [1.29, 1.82) is 0 Å². The average molecular weight is 272 g/mol. The Kier molecular flexibility index (Phi) is 3.69. The van der Waals surface area contributed by atoms with E-state index in [1.54, 1.807) is 4.68 Å². The van der Waals surface area contributed by atoms with E-state index in [0.29, 0.717) is 0 Å². The van der Waals surface area contributed by atoms with Gasteiger partial charge in [-0.05, 0) is 48.0 Å². The third kappa shape index (κ3) is 2.83. The van der Waals surface area contributed by atoms with Gasteiger partial charge in [-0.2, -0.15) is 0 Å². The molecule has 7 heteroatoms. The van der Waals surface area contributed by atoms with E-state index in [2.05, 4.69) is 26.2 Å². The van der Waals surface area contributed by atoms with E-state index < -0.39 is 0 Å². The molecule has 2 heterocycles. The summed E-state index contributed by atoms with van der Waals surface area (Å²) in [7, 11) is 0. The molecular formula is C13H16N6O. The lowest BCUT2D eigenvalue weighted by atomic mass is 10.0. The van der Waals surface area contributed by atoms with Gasteiger partial charge in [-0.1, -0.05) is 12.5 Å². The van der Waals surface area contributed by atoms with Crippen molar-refractivity contribution in [3.63, 3.8) is 0 Å². The summed E-state index contributed by atoms with van der Waals surface area (Å²) in [6.07, 6.45) is 4.64. The number of piperidine rings is 1. The zero-order valence-corrected chi connectivity index (χ0v) is 11.0. The molecule has 104 valence electrons. The Labute approximate surface area is 116 Å². The summed E-state index contributed by atoms with van der Waals surface area (Å²) in [4.78, 5) is 12.1. The molecule has 1 aromatic carbocycles. The van der Waals surface area contributed by atoms with Gasteiger partial charge in [0.05, 0.1) is 11.7 Å². The molecule has 20 heavy (non-hydrogen) atoms. The molecule has 3 rings (SSSR count). The second-order valence-electron chi connectivity index (χ2n) is 4.80. The standard InChI is InChI=1S/C13H16N6O/c20-13(12-6-1-2-7-14-12)16-10-4-3-5-11(8-10)19-9-15-17-18-19/h3-5,8-9,12,14H,1-2,6-7H2,(H,16,20). The number of aromatic nitrogens is 4. The molecule has 0 radical (unpaired) electrons. The van der Waals surface area contributed by atoms with Gasteiger partial charge in [-0.15, -0.1) is 5.10 Å². The highest BCUT2D eigenvalue weighted by molar-refractivity contribution is 5.95. The second-order valence-corrected chi connectivity index (χ2v) is 4.80. The van der Waals surface area contributed by atoms with E-state index in [0.717, 1.165) is 37.2 Å². The third-order valence-electron chi connectivity index (χ3n) is 3.35. The van der Waals surface area contributed by atoms with Crippen molar-refractivity contribution in [2.24, 2.45) is 0 Å². The maximum absolute atomic E-state index is 12.1. The maximum atomic E-state index is 12.1. The van der Waals surface area contributed by atoms with Gasteiger partial charge in [0.2, 0.25) is 5.91 Å². The number of carbonyl (C=O) groups excluding carboxylic acids is 1. The van der Waals surface area contributed by atoms with Crippen LogP contribution in [0.2, 0.25) is 0 Å². The molecule has 1 fully saturated rings. The van der Waals surface area contributed by atoms with Crippen molar-refractivity contribution in [1.82, 2.24) is 25.5 Å².